The SMILES string of the molecule is CCC(C)(C)c1ccc(C=NN)cc1. The van der Waals surface area contributed by atoms with Gasteiger partial charge in [-0.15, -0.1) is 0 Å². The molecular weight excluding hydrogens is 172 g/mol. The molecule has 0 fully saturated rings. The van der Waals surface area contributed by atoms with E-state index in [1.807, 2.05) is 12.1 Å². The van der Waals surface area contributed by atoms with Gasteiger partial charge in [-0.2, -0.15) is 5.10 Å². The minimum absolute atomic E-state index is 0.248. The molecule has 0 aliphatic rings. The van der Waals surface area contributed by atoms with Gasteiger partial charge < -0.3 is 5.84 Å². The fourth-order valence-electron chi connectivity index (χ4n) is 1.31. The molecule has 2 N–H and O–H groups in total. The first-order chi connectivity index (χ1) is 6.60. The van der Waals surface area contributed by atoms with Crippen LogP contribution in [0.5, 0.6) is 0 Å². The van der Waals surface area contributed by atoms with Crippen molar-refractivity contribution in [1.29, 1.82) is 0 Å². The summed E-state index contributed by atoms with van der Waals surface area (Å²) < 4.78 is 0. The summed E-state index contributed by atoms with van der Waals surface area (Å²) in [4.78, 5) is 0. The van der Waals surface area contributed by atoms with E-state index in [0.717, 1.165) is 12.0 Å². The Labute approximate surface area is 85.8 Å². The molecule has 2 heteroatoms. The summed E-state index contributed by atoms with van der Waals surface area (Å²) in [5.74, 6) is 5.08. The minimum atomic E-state index is 0.248. The highest BCUT2D eigenvalue weighted by Crippen LogP contribution is 2.26. The van der Waals surface area contributed by atoms with E-state index in [9.17, 15) is 0 Å². The molecular formula is C12H18N2. The maximum atomic E-state index is 5.08. The second-order valence-electron chi connectivity index (χ2n) is 4.14. The second-order valence-corrected chi connectivity index (χ2v) is 4.14. The van der Waals surface area contributed by atoms with Crippen LogP contribution in [-0.4, -0.2) is 6.21 Å². The first-order valence-corrected chi connectivity index (χ1v) is 4.94. The molecule has 1 aromatic rings. The Balaban J connectivity index is 2.93. The fraction of sp³-hybridized carbons (Fsp3) is 0.417. The Morgan fingerprint density at radius 2 is 1.86 bits per heavy atom. The van der Waals surface area contributed by atoms with Crippen molar-refractivity contribution in [3.05, 3.63) is 35.4 Å². The molecule has 0 saturated heterocycles. The van der Waals surface area contributed by atoms with Crippen LogP contribution in [0.25, 0.3) is 0 Å². The lowest BCUT2D eigenvalue weighted by atomic mass is 9.82. The number of hydrogen-bond acceptors (Lipinski definition) is 2. The second kappa shape index (κ2) is 4.27. The largest absolute Gasteiger partial charge is 0.323 e. The lowest BCUT2D eigenvalue weighted by Gasteiger charge is -2.23. The van der Waals surface area contributed by atoms with Crippen molar-refractivity contribution in [1.82, 2.24) is 0 Å². The van der Waals surface area contributed by atoms with Crippen LogP contribution in [0.3, 0.4) is 0 Å². The van der Waals surface area contributed by atoms with Gasteiger partial charge >= 0.3 is 0 Å². The molecule has 0 aliphatic carbocycles. The number of hydrazone groups is 1. The summed E-state index contributed by atoms with van der Waals surface area (Å²) in [7, 11) is 0. The third-order valence-corrected chi connectivity index (χ3v) is 2.80. The standard InChI is InChI=1S/C12H18N2/c1-4-12(2,3)11-7-5-10(6-8-11)9-14-13/h5-9H,4,13H2,1-3H3. The van der Waals surface area contributed by atoms with Gasteiger partial charge in [-0.1, -0.05) is 45.0 Å². The van der Waals surface area contributed by atoms with Crippen molar-refractivity contribution in [2.45, 2.75) is 32.6 Å². The Hall–Kier alpha value is -1.31. The van der Waals surface area contributed by atoms with E-state index in [1.165, 1.54) is 5.56 Å². The van der Waals surface area contributed by atoms with Crippen molar-refractivity contribution >= 4 is 6.21 Å². The van der Waals surface area contributed by atoms with Crippen molar-refractivity contribution in [2.75, 3.05) is 0 Å². The predicted octanol–water partition coefficient (Wildman–Crippen LogP) is 2.67. The van der Waals surface area contributed by atoms with Gasteiger partial charge in [-0.25, -0.2) is 0 Å². The van der Waals surface area contributed by atoms with Crippen molar-refractivity contribution in [2.24, 2.45) is 10.9 Å². The van der Waals surface area contributed by atoms with Crippen LogP contribution in [0, 0.1) is 0 Å². The third-order valence-electron chi connectivity index (χ3n) is 2.80. The summed E-state index contributed by atoms with van der Waals surface area (Å²) >= 11 is 0. The van der Waals surface area contributed by atoms with E-state index in [4.69, 9.17) is 5.84 Å². The number of nitrogens with zero attached hydrogens (tertiary/aromatic N) is 1. The number of hydrogen-bond donors (Lipinski definition) is 1. The lowest BCUT2D eigenvalue weighted by molar-refractivity contribution is 0.506. The molecule has 0 radical (unpaired) electrons. The van der Waals surface area contributed by atoms with Crippen LogP contribution in [0.2, 0.25) is 0 Å². The Bertz CT molecular complexity index is 310. The fourth-order valence-corrected chi connectivity index (χ4v) is 1.31. The van der Waals surface area contributed by atoms with Crippen LogP contribution in [0.1, 0.15) is 38.3 Å². The van der Waals surface area contributed by atoms with E-state index in [2.05, 4.69) is 38.0 Å². The molecule has 0 unspecified atom stereocenters. The first-order valence-electron chi connectivity index (χ1n) is 4.94. The summed E-state index contributed by atoms with van der Waals surface area (Å²) in [5, 5.41) is 3.49. The molecule has 0 aromatic heterocycles. The average molecular weight is 190 g/mol. The summed E-state index contributed by atoms with van der Waals surface area (Å²) in [5.41, 5.74) is 2.65. The van der Waals surface area contributed by atoms with Gasteiger partial charge in [-0.3, -0.25) is 0 Å². The summed E-state index contributed by atoms with van der Waals surface area (Å²) in [6.45, 7) is 6.70. The highest BCUT2D eigenvalue weighted by molar-refractivity contribution is 5.79. The molecule has 1 aromatic carbocycles. The maximum Gasteiger partial charge on any atom is 0.0538 e. The third kappa shape index (κ3) is 2.34. The Kier molecular flexibility index (Phi) is 3.28. The van der Waals surface area contributed by atoms with Gasteiger partial charge in [0.15, 0.2) is 0 Å². The normalized spacial score (nSPS) is 12.2. The van der Waals surface area contributed by atoms with E-state index in [1.54, 1.807) is 6.21 Å². The van der Waals surface area contributed by atoms with Crippen LogP contribution in [0.4, 0.5) is 0 Å². The topological polar surface area (TPSA) is 38.4 Å². The molecule has 0 atom stereocenters. The highest BCUT2D eigenvalue weighted by Gasteiger charge is 2.16. The van der Waals surface area contributed by atoms with E-state index >= 15 is 0 Å². The average Bonchev–Trinajstić information content (AvgIpc) is 2.19. The molecule has 0 aliphatic heterocycles. The van der Waals surface area contributed by atoms with Crippen LogP contribution in [-0.2, 0) is 5.41 Å². The zero-order valence-corrected chi connectivity index (χ0v) is 9.12. The molecule has 0 amide bonds. The molecule has 0 bridgehead atoms. The lowest BCUT2D eigenvalue weighted by Crippen LogP contribution is -2.15. The maximum absolute atomic E-state index is 5.08. The number of rotatable bonds is 3. The predicted molar refractivity (Wildman–Crippen MR) is 61.5 cm³/mol. The van der Waals surface area contributed by atoms with Gasteiger partial charge in [0.25, 0.3) is 0 Å². The van der Waals surface area contributed by atoms with Crippen LogP contribution >= 0.6 is 0 Å². The molecule has 2 nitrogen and oxygen atoms in total. The quantitative estimate of drug-likeness (QED) is 0.444. The molecule has 0 heterocycles. The molecule has 1 rings (SSSR count). The van der Waals surface area contributed by atoms with Crippen molar-refractivity contribution < 1.29 is 0 Å². The molecule has 76 valence electrons. The summed E-state index contributed by atoms with van der Waals surface area (Å²) in [6.07, 6.45) is 2.79. The number of benzene rings is 1. The Morgan fingerprint density at radius 1 is 1.29 bits per heavy atom. The van der Waals surface area contributed by atoms with Crippen molar-refractivity contribution in [3.63, 3.8) is 0 Å². The van der Waals surface area contributed by atoms with Crippen LogP contribution in [0.15, 0.2) is 29.4 Å². The van der Waals surface area contributed by atoms with Crippen molar-refractivity contribution in [3.8, 4) is 0 Å². The molecule has 0 spiro atoms. The van der Waals surface area contributed by atoms with E-state index in [0.29, 0.717) is 0 Å². The zero-order valence-electron chi connectivity index (χ0n) is 9.12. The monoisotopic (exact) mass is 190 g/mol. The first kappa shape index (κ1) is 10.8. The van der Waals surface area contributed by atoms with Gasteiger partial charge in [0, 0.05) is 0 Å². The minimum Gasteiger partial charge on any atom is -0.323 e. The van der Waals surface area contributed by atoms with Gasteiger partial charge in [0.05, 0.1) is 6.21 Å². The molecule has 0 saturated carbocycles. The smallest absolute Gasteiger partial charge is 0.0538 e. The van der Waals surface area contributed by atoms with Gasteiger partial charge in [0.2, 0.25) is 0 Å². The van der Waals surface area contributed by atoms with Crippen LogP contribution < -0.4 is 5.84 Å². The van der Waals surface area contributed by atoms with Gasteiger partial charge in [0.1, 0.15) is 0 Å². The number of nitrogens with two attached hydrogens (primary N) is 1. The van der Waals surface area contributed by atoms with Gasteiger partial charge in [-0.05, 0) is 23.0 Å². The molecule has 14 heavy (non-hydrogen) atoms. The van der Waals surface area contributed by atoms with E-state index < -0.39 is 0 Å². The Morgan fingerprint density at radius 3 is 2.29 bits per heavy atom. The zero-order chi connectivity index (χ0) is 10.6. The van der Waals surface area contributed by atoms with E-state index in [-0.39, 0.29) is 5.41 Å². The summed E-state index contributed by atoms with van der Waals surface area (Å²) in [6, 6.07) is 8.37. The highest BCUT2D eigenvalue weighted by atomic mass is 15.1.